The molecule has 7 nitrogen and oxygen atoms in total. The van der Waals surface area contributed by atoms with E-state index >= 15 is 0 Å². The lowest BCUT2D eigenvalue weighted by Gasteiger charge is -2.29. The van der Waals surface area contributed by atoms with E-state index in [1.165, 1.54) is 0 Å². The minimum Gasteiger partial charge on any atom is -0.488 e. The Morgan fingerprint density at radius 2 is 1.77 bits per heavy atom. The lowest BCUT2D eigenvalue weighted by atomic mass is 9.95. The minimum atomic E-state index is -0.601. The molecule has 1 unspecified atom stereocenters. The fourth-order valence-electron chi connectivity index (χ4n) is 4.35. The molecular formula is C30H29ClN4O3S. The third-order valence-corrected chi connectivity index (χ3v) is 7.67. The summed E-state index contributed by atoms with van der Waals surface area (Å²) in [6, 6.07) is 24.3. The number of esters is 1. The molecule has 0 amide bonds. The number of ether oxygens (including phenoxy) is 2. The maximum Gasteiger partial charge on any atom is 0.338 e. The molecule has 2 heterocycles. The van der Waals surface area contributed by atoms with Gasteiger partial charge in [-0.3, -0.25) is 0 Å². The number of benzene rings is 3. The van der Waals surface area contributed by atoms with Crippen LogP contribution in [0.4, 0.5) is 5.95 Å². The SMILES string of the molecule is CCCSc1nc2n(n1)C(c1ccccc1OCc1ccccc1Cl)C(C(=O)OCc1ccccc1)=C(C)N2. The number of carbonyl (C=O) groups excluding carboxylic acids is 1. The quantitative estimate of drug-likeness (QED) is 0.164. The molecular weight excluding hydrogens is 532 g/mol. The minimum absolute atomic E-state index is 0.162. The Kier molecular flexibility index (Phi) is 8.54. The maximum absolute atomic E-state index is 13.6. The first-order chi connectivity index (χ1) is 19.0. The van der Waals surface area contributed by atoms with E-state index in [0.29, 0.717) is 33.1 Å². The number of aromatic nitrogens is 3. The number of hydrogen-bond donors (Lipinski definition) is 1. The van der Waals surface area contributed by atoms with Crippen molar-refractivity contribution in [1.29, 1.82) is 0 Å². The molecule has 200 valence electrons. The second-order valence-corrected chi connectivity index (χ2v) is 10.5. The van der Waals surface area contributed by atoms with Gasteiger partial charge >= 0.3 is 5.97 Å². The molecule has 0 spiro atoms. The summed E-state index contributed by atoms with van der Waals surface area (Å²) in [7, 11) is 0. The fraction of sp³-hybridized carbons (Fsp3) is 0.233. The molecule has 0 saturated carbocycles. The average Bonchev–Trinajstić information content (AvgIpc) is 3.36. The van der Waals surface area contributed by atoms with E-state index in [4.69, 9.17) is 31.2 Å². The van der Waals surface area contributed by atoms with Crippen molar-refractivity contribution in [3.05, 3.63) is 112 Å². The van der Waals surface area contributed by atoms with E-state index in [1.807, 2.05) is 85.8 Å². The highest BCUT2D eigenvalue weighted by molar-refractivity contribution is 7.99. The number of hydrogen-bond acceptors (Lipinski definition) is 7. The van der Waals surface area contributed by atoms with E-state index in [1.54, 1.807) is 16.4 Å². The smallest absolute Gasteiger partial charge is 0.338 e. The number of halogens is 1. The molecule has 0 fully saturated rings. The maximum atomic E-state index is 13.6. The van der Waals surface area contributed by atoms with Crippen molar-refractivity contribution < 1.29 is 14.3 Å². The monoisotopic (exact) mass is 560 g/mol. The third-order valence-electron chi connectivity index (χ3n) is 6.26. The van der Waals surface area contributed by atoms with E-state index in [0.717, 1.165) is 28.9 Å². The third kappa shape index (κ3) is 6.13. The predicted molar refractivity (Wildman–Crippen MR) is 154 cm³/mol. The van der Waals surface area contributed by atoms with Crippen LogP contribution in [-0.2, 0) is 22.7 Å². The van der Waals surface area contributed by atoms with Crippen LogP contribution in [0.2, 0.25) is 5.02 Å². The largest absolute Gasteiger partial charge is 0.488 e. The molecule has 0 radical (unpaired) electrons. The number of rotatable bonds is 10. The number of para-hydroxylation sites is 1. The number of thioether (sulfide) groups is 1. The summed E-state index contributed by atoms with van der Waals surface area (Å²) in [5, 5.41) is 9.34. The van der Waals surface area contributed by atoms with Gasteiger partial charge in [0, 0.05) is 27.6 Å². The number of carbonyl (C=O) groups is 1. The standard InChI is InChI=1S/C30H29ClN4O3S/c1-3-17-39-30-33-29-32-20(2)26(28(36)38-18-21-11-5-4-6-12-21)27(35(29)34-30)23-14-8-10-16-25(23)37-19-22-13-7-9-15-24(22)31/h4-16,27H,3,17-19H2,1-2H3,(H,32,33,34). The highest BCUT2D eigenvalue weighted by atomic mass is 35.5. The zero-order chi connectivity index (χ0) is 27.2. The van der Waals surface area contributed by atoms with Crippen molar-refractivity contribution in [2.45, 2.75) is 44.7 Å². The van der Waals surface area contributed by atoms with Gasteiger partial charge < -0.3 is 14.8 Å². The van der Waals surface area contributed by atoms with Crippen molar-refractivity contribution in [3.63, 3.8) is 0 Å². The number of anilines is 1. The van der Waals surface area contributed by atoms with Gasteiger partial charge in [0.1, 0.15) is 25.0 Å². The molecule has 3 aromatic carbocycles. The summed E-state index contributed by atoms with van der Waals surface area (Å²) in [5.74, 6) is 1.65. The van der Waals surface area contributed by atoms with Crippen LogP contribution in [0.15, 0.2) is 95.3 Å². The second-order valence-electron chi connectivity index (χ2n) is 9.06. The molecule has 0 aliphatic carbocycles. The fourth-order valence-corrected chi connectivity index (χ4v) is 5.22. The topological polar surface area (TPSA) is 78.3 Å². The first kappa shape index (κ1) is 26.8. The highest BCUT2D eigenvalue weighted by Crippen LogP contribution is 2.40. The summed E-state index contributed by atoms with van der Waals surface area (Å²) in [6.45, 7) is 4.41. The summed E-state index contributed by atoms with van der Waals surface area (Å²) >= 11 is 7.96. The first-order valence-electron chi connectivity index (χ1n) is 12.8. The zero-order valence-electron chi connectivity index (χ0n) is 21.8. The van der Waals surface area contributed by atoms with Crippen molar-refractivity contribution in [2.75, 3.05) is 11.1 Å². The van der Waals surface area contributed by atoms with E-state index < -0.39 is 12.0 Å². The molecule has 39 heavy (non-hydrogen) atoms. The van der Waals surface area contributed by atoms with Crippen molar-refractivity contribution in [2.24, 2.45) is 0 Å². The number of allylic oxidation sites excluding steroid dienone is 1. The Bertz CT molecular complexity index is 1490. The first-order valence-corrected chi connectivity index (χ1v) is 14.1. The Hall–Kier alpha value is -3.75. The van der Waals surface area contributed by atoms with Gasteiger partial charge in [-0.15, -0.1) is 5.10 Å². The molecule has 5 rings (SSSR count). The van der Waals surface area contributed by atoms with Crippen LogP contribution < -0.4 is 10.1 Å². The van der Waals surface area contributed by atoms with Crippen LogP contribution in [0.25, 0.3) is 0 Å². The van der Waals surface area contributed by atoms with Crippen LogP contribution in [-0.4, -0.2) is 26.5 Å². The van der Waals surface area contributed by atoms with Crippen molar-refractivity contribution >= 4 is 35.3 Å². The highest BCUT2D eigenvalue weighted by Gasteiger charge is 2.37. The molecule has 1 aliphatic heterocycles. The van der Waals surface area contributed by atoms with E-state index in [2.05, 4.69) is 12.2 Å². The Morgan fingerprint density at radius 3 is 2.56 bits per heavy atom. The van der Waals surface area contributed by atoms with Gasteiger partial charge in [0.2, 0.25) is 11.1 Å². The molecule has 4 aromatic rings. The molecule has 1 aromatic heterocycles. The summed E-state index contributed by atoms with van der Waals surface area (Å²) in [4.78, 5) is 18.3. The van der Waals surface area contributed by atoms with E-state index in [9.17, 15) is 4.79 Å². The molecule has 1 N–H and O–H groups in total. The Balaban J connectivity index is 1.51. The van der Waals surface area contributed by atoms with Crippen LogP contribution in [0.3, 0.4) is 0 Å². The number of fused-ring (bicyclic) bond motifs is 1. The van der Waals surface area contributed by atoms with Gasteiger partial charge in [-0.05, 0) is 31.0 Å². The van der Waals surface area contributed by atoms with Gasteiger partial charge in [-0.25, -0.2) is 9.48 Å². The lowest BCUT2D eigenvalue weighted by Crippen LogP contribution is -2.30. The second kappa shape index (κ2) is 12.4. The van der Waals surface area contributed by atoms with Gasteiger partial charge in [-0.1, -0.05) is 97.0 Å². The van der Waals surface area contributed by atoms with Crippen molar-refractivity contribution in [1.82, 2.24) is 14.8 Å². The molecule has 0 saturated heterocycles. The zero-order valence-corrected chi connectivity index (χ0v) is 23.3. The predicted octanol–water partition coefficient (Wildman–Crippen LogP) is 7.04. The summed E-state index contributed by atoms with van der Waals surface area (Å²) in [6.07, 6.45) is 0.998. The normalized spacial score (nSPS) is 14.5. The van der Waals surface area contributed by atoms with Crippen LogP contribution in [0, 0.1) is 0 Å². The van der Waals surface area contributed by atoms with Gasteiger partial charge in [-0.2, -0.15) is 4.98 Å². The Labute approximate surface area is 237 Å². The van der Waals surface area contributed by atoms with Gasteiger partial charge in [0.25, 0.3) is 0 Å². The van der Waals surface area contributed by atoms with E-state index in [-0.39, 0.29) is 13.2 Å². The molecule has 1 atom stereocenters. The molecule has 9 heteroatoms. The van der Waals surface area contributed by atoms with Gasteiger partial charge in [0.05, 0.1) is 5.57 Å². The lowest BCUT2D eigenvalue weighted by molar-refractivity contribution is -0.140. The number of nitrogens with one attached hydrogen (secondary N) is 1. The number of nitrogens with zero attached hydrogens (tertiary/aromatic N) is 3. The summed E-state index contributed by atoms with van der Waals surface area (Å²) in [5.41, 5.74) is 3.66. The van der Waals surface area contributed by atoms with Gasteiger partial charge in [0.15, 0.2) is 0 Å². The Morgan fingerprint density at radius 1 is 1.03 bits per heavy atom. The van der Waals surface area contributed by atoms with Crippen LogP contribution in [0.1, 0.15) is 43.0 Å². The molecule has 1 aliphatic rings. The molecule has 0 bridgehead atoms. The van der Waals surface area contributed by atoms with Crippen LogP contribution >= 0.6 is 23.4 Å². The average molecular weight is 561 g/mol. The van der Waals surface area contributed by atoms with Crippen LogP contribution in [0.5, 0.6) is 5.75 Å². The summed E-state index contributed by atoms with van der Waals surface area (Å²) < 4.78 is 13.8. The van der Waals surface area contributed by atoms with Crippen molar-refractivity contribution in [3.8, 4) is 5.75 Å².